The molecule has 38 heavy (non-hydrogen) atoms. The molecule has 0 aliphatic rings. The lowest BCUT2D eigenvalue weighted by atomic mass is 9.97. The summed E-state index contributed by atoms with van der Waals surface area (Å²) in [4.78, 5) is 36.9. The molecule has 9 nitrogen and oxygen atoms in total. The molecule has 1 amide bonds. The summed E-state index contributed by atoms with van der Waals surface area (Å²) in [7, 11) is -4.15. The Labute approximate surface area is 221 Å². The van der Waals surface area contributed by atoms with Gasteiger partial charge in [-0.2, -0.15) is 0 Å². The summed E-state index contributed by atoms with van der Waals surface area (Å²) in [5.41, 5.74) is 0.365. The number of para-hydroxylation sites is 1. The smallest absolute Gasteiger partial charge is 0.326 e. The Kier molecular flexibility index (Phi) is 8.57. The minimum atomic E-state index is -4.15. The molecule has 200 valence electrons. The Hall–Kier alpha value is -4.18. The van der Waals surface area contributed by atoms with Crippen molar-refractivity contribution in [3.8, 4) is 5.75 Å². The van der Waals surface area contributed by atoms with E-state index in [-0.39, 0.29) is 28.3 Å². The molecular formula is C28H30N2O7S. The summed E-state index contributed by atoms with van der Waals surface area (Å²) in [6, 6.07) is 17.6. The summed E-state index contributed by atoms with van der Waals surface area (Å²) in [5, 5.41) is 12.1. The standard InChI is InChI=1S/C28H30N2O7S/c1-18-16-20(14-15-24(18)37-27(34)28(2,3)4)38(35,36)30-22-13-9-8-12-21(22)25(31)29-23(26(32)33)17-19-10-6-5-7-11-19/h5-16,23,30H,17H2,1-4H3,(H,29,31)(H,32,33)/t23-/m0/s1. The molecule has 3 aromatic carbocycles. The summed E-state index contributed by atoms with van der Waals surface area (Å²) < 4.78 is 34.1. The van der Waals surface area contributed by atoms with Crippen LogP contribution in [-0.4, -0.2) is 37.4 Å². The molecule has 0 aliphatic carbocycles. The van der Waals surface area contributed by atoms with E-state index in [4.69, 9.17) is 4.74 Å². The zero-order chi connectivity index (χ0) is 28.1. The van der Waals surface area contributed by atoms with Gasteiger partial charge in [0.15, 0.2) is 0 Å². The van der Waals surface area contributed by atoms with Gasteiger partial charge in [-0.05, 0) is 69.2 Å². The van der Waals surface area contributed by atoms with Crippen LogP contribution in [0.15, 0.2) is 77.7 Å². The van der Waals surface area contributed by atoms with E-state index in [9.17, 15) is 27.9 Å². The summed E-state index contributed by atoms with van der Waals surface area (Å²) in [6.45, 7) is 6.74. The van der Waals surface area contributed by atoms with Gasteiger partial charge >= 0.3 is 11.9 Å². The van der Waals surface area contributed by atoms with Crippen LogP contribution in [0.5, 0.6) is 5.75 Å². The maximum atomic E-state index is 13.1. The number of amides is 1. The number of esters is 1. The zero-order valence-electron chi connectivity index (χ0n) is 21.5. The molecule has 0 fully saturated rings. The number of carboxylic acid groups (broad SMARTS) is 1. The molecule has 0 heterocycles. The maximum Gasteiger partial charge on any atom is 0.326 e. The number of aliphatic carboxylic acids is 1. The van der Waals surface area contributed by atoms with Crippen LogP contribution >= 0.6 is 0 Å². The molecule has 0 radical (unpaired) electrons. The largest absolute Gasteiger partial charge is 0.480 e. The molecular weight excluding hydrogens is 508 g/mol. The van der Waals surface area contributed by atoms with Crippen LogP contribution in [0.2, 0.25) is 0 Å². The van der Waals surface area contributed by atoms with E-state index >= 15 is 0 Å². The van der Waals surface area contributed by atoms with Crippen LogP contribution < -0.4 is 14.8 Å². The van der Waals surface area contributed by atoms with Crippen molar-refractivity contribution in [1.29, 1.82) is 0 Å². The number of hydrogen-bond donors (Lipinski definition) is 3. The average molecular weight is 539 g/mol. The van der Waals surface area contributed by atoms with Crippen molar-refractivity contribution < 1.29 is 32.6 Å². The maximum absolute atomic E-state index is 13.1. The second-order valence-electron chi connectivity index (χ2n) is 9.77. The van der Waals surface area contributed by atoms with E-state index < -0.39 is 39.3 Å². The molecule has 0 saturated heterocycles. The predicted molar refractivity (Wildman–Crippen MR) is 143 cm³/mol. The third-order valence-electron chi connectivity index (χ3n) is 5.57. The number of anilines is 1. The third-order valence-corrected chi connectivity index (χ3v) is 6.94. The molecule has 3 N–H and O–H groups in total. The first-order chi connectivity index (χ1) is 17.8. The first-order valence-corrected chi connectivity index (χ1v) is 13.3. The van der Waals surface area contributed by atoms with Gasteiger partial charge in [0.25, 0.3) is 15.9 Å². The molecule has 1 atom stereocenters. The van der Waals surface area contributed by atoms with E-state index in [1.165, 1.54) is 30.3 Å². The Bertz CT molecular complexity index is 1450. The van der Waals surface area contributed by atoms with Crippen molar-refractivity contribution in [2.24, 2.45) is 5.41 Å². The number of sulfonamides is 1. The highest BCUT2D eigenvalue weighted by atomic mass is 32.2. The first-order valence-electron chi connectivity index (χ1n) is 11.8. The van der Waals surface area contributed by atoms with Crippen LogP contribution in [0.4, 0.5) is 5.69 Å². The van der Waals surface area contributed by atoms with Crippen LogP contribution in [0, 0.1) is 12.3 Å². The average Bonchev–Trinajstić information content (AvgIpc) is 2.84. The van der Waals surface area contributed by atoms with E-state index in [1.54, 1.807) is 70.2 Å². The van der Waals surface area contributed by atoms with Gasteiger partial charge in [0.1, 0.15) is 11.8 Å². The Balaban J connectivity index is 1.81. The molecule has 0 aliphatic heterocycles. The van der Waals surface area contributed by atoms with Crippen molar-refractivity contribution in [3.63, 3.8) is 0 Å². The second-order valence-corrected chi connectivity index (χ2v) is 11.5. The van der Waals surface area contributed by atoms with Crippen LogP contribution in [0.3, 0.4) is 0 Å². The Morgan fingerprint density at radius 1 is 0.947 bits per heavy atom. The van der Waals surface area contributed by atoms with Gasteiger partial charge < -0.3 is 15.2 Å². The second kappa shape index (κ2) is 11.5. The monoisotopic (exact) mass is 538 g/mol. The number of nitrogens with one attached hydrogen (secondary N) is 2. The number of ether oxygens (including phenoxy) is 1. The van der Waals surface area contributed by atoms with Crippen molar-refractivity contribution >= 4 is 33.6 Å². The number of carboxylic acids is 1. The number of carbonyl (C=O) groups excluding carboxylic acids is 2. The highest BCUT2D eigenvalue weighted by molar-refractivity contribution is 7.92. The molecule has 0 spiro atoms. The minimum absolute atomic E-state index is 0.0188. The molecule has 3 rings (SSSR count). The van der Waals surface area contributed by atoms with Crippen molar-refractivity contribution in [1.82, 2.24) is 5.32 Å². The lowest BCUT2D eigenvalue weighted by Crippen LogP contribution is -2.42. The number of carbonyl (C=O) groups is 3. The normalized spacial score (nSPS) is 12.3. The van der Waals surface area contributed by atoms with Gasteiger partial charge in [-0.25, -0.2) is 13.2 Å². The topological polar surface area (TPSA) is 139 Å². The van der Waals surface area contributed by atoms with Crippen LogP contribution in [-0.2, 0) is 26.0 Å². The van der Waals surface area contributed by atoms with E-state index in [0.717, 1.165) is 5.56 Å². The number of rotatable bonds is 9. The SMILES string of the molecule is Cc1cc(S(=O)(=O)Nc2ccccc2C(=O)N[C@@H](Cc2ccccc2)C(=O)O)ccc1OC(=O)C(C)(C)C. The Morgan fingerprint density at radius 3 is 2.18 bits per heavy atom. The van der Waals surface area contributed by atoms with E-state index in [0.29, 0.717) is 5.56 Å². The van der Waals surface area contributed by atoms with Crippen molar-refractivity contribution in [3.05, 3.63) is 89.5 Å². The summed E-state index contributed by atoms with van der Waals surface area (Å²) >= 11 is 0. The molecule has 3 aromatic rings. The lowest BCUT2D eigenvalue weighted by molar-refractivity contribution is -0.143. The highest BCUT2D eigenvalue weighted by Gasteiger charge is 2.26. The fourth-order valence-electron chi connectivity index (χ4n) is 3.42. The molecule has 0 saturated carbocycles. The molecule has 0 aromatic heterocycles. The van der Waals surface area contributed by atoms with Crippen molar-refractivity contribution in [2.45, 2.75) is 45.1 Å². The first kappa shape index (κ1) is 28.4. The zero-order valence-corrected chi connectivity index (χ0v) is 22.3. The lowest BCUT2D eigenvalue weighted by Gasteiger charge is -2.18. The van der Waals surface area contributed by atoms with Crippen LogP contribution in [0.1, 0.15) is 42.3 Å². The molecule has 10 heteroatoms. The predicted octanol–water partition coefficient (Wildman–Crippen LogP) is 4.17. The summed E-state index contributed by atoms with van der Waals surface area (Å²) in [6.07, 6.45) is 0.0568. The fourth-order valence-corrected chi connectivity index (χ4v) is 4.58. The number of aryl methyl sites for hydroxylation is 1. The van der Waals surface area contributed by atoms with Gasteiger partial charge in [-0.3, -0.25) is 14.3 Å². The molecule has 0 unspecified atom stereocenters. The van der Waals surface area contributed by atoms with Gasteiger partial charge in [0.2, 0.25) is 0 Å². The summed E-state index contributed by atoms with van der Waals surface area (Å²) in [5.74, 6) is -2.18. The van der Waals surface area contributed by atoms with Gasteiger partial charge in [-0.1, -0.05) is 42.5 Å². The van der Waals surface area contributed by atoms with E-state index in [2.05, 4.69) is 10.0 Å². The molecule has 0 bridgehead atoms. The quantitative estimate of drug-likeness (QED) is 0.274. The third kappa shape index (κ3) is 7.19. The van der Waals surface area contributed by atoms with Crippen molar-refractivity contribution in [2.75, 3.05) is 4.72 Å². The van der Waals surface area contributed by atoms with Gasteiger partial charge in [0, 0.05) is 6.42 Å². The fraction of sp³-hybridized carbons (Fsp3) is 0.250. The van der Waals surface area contributed by atoms with Gasteiger partial charge in [0.05, 0.1) is 21.6 Å². The van der Waals surface area contributed by atoms with Gasteiger partial charge in [-0.15, -0.1) is 0 Å². The highest BCUT2D eigenvalue weighted by Crippen LogP contribution is 2.27. The van der Waals surface area contributed by atoms with E-state index in [1.807, 2.05) is 0 Å². The minimum Gasteiger partial charge on any atom is -0.480 e. The number of hydrogen-bond acceptors (Lipinski definition) is 6. The number of benzene rings is 3. The van der Waals surface area contributed by atoms with Crippen LogP contribution in [0.25, 0.3) is 0 Å². The Morgan fingerprint density at radius 2 is 1.58 bits per heavy atom.